The van der Waals surface area contributed by atoms with Crippen molar-refractivity contribution in [3.63, 3.8) is 0 Å². The van der Waals surface area contributed by atoms with Crippen LogP contribution in [0.25, 0.3) is 0 Å². The second kappa shape index (κ2) is 6.43. The van der Waals surface area contributed by atoms with Gasteiger partial charge in [-0.15, -0.1) is 0 Å². The van der Waals surface area contributed by atoms with Crippen LogP contribution >= 0.6 is 0 Å². The van der Waals surface area contributed by atoms with Gasteiger partial charge in [-0.2, -0.15) is 0 Å². The molecule has 0 N–H and O–H groups in total. The first kappa shape index (κ1) is 16.2. The van der Waals surface area contributed by atoms with Crippen LogP contribution in [0.5, 0.6) is 0 Å². The molecule has 0 bridgehead atoms. The van der Waals surface area contributed by atoms with Crippen molar-refractivity contribution in [3.8, 4) is 0 Å². The lowest BCUT2D eigenvalue weighted by molar-refractivity contribution is 0.00749. The SMILES string of the molecule is CC1=C[C@H](C2CC2)C(C2=CCC(F)[C@H](F)C2)C[C@@H]1OC(C)C. The highest BCUT2D eigenvalue weighted by Crippen LogP contribution is 2.50. The molecule has 0 aromatic rings. The van der Waals surface area contributed by atoms with Gasteiger partial charge in [-0.3, -0.25) is 0 Å². The molecule has 3 aliphatic rings. The van der Waals surface area contributed by atoms with Crippen molar-refractivity contribution >= 4 is 0 Å². The number of rotatable bonds is 4. The average Bonchev–Trinajstić information content (AvgIpc) is 3.28. The standard InChI is InChI=1S/C19H28F2O/c1-11(2)22-19-10-16(14-6-7-17(20)18(21)9-14)15(8-12(19)3)13-4-5-13/h6,8,11,13,15-19H,4-5,7,9-10H2,1-3H3/t15-,16?,17?,18-,19+/m1/s1. The first-order valence-corrected chi connectivity index (χ1v) is 8.76. The minimum atomic E-state index is -1.32. The third-order valence-corrected chi connectivity index (χ3v) is 5.40. The molecule has 2 unspecified atom stereocenters. The fraction of sp³-hybridized carbons (Fsp3) is 0.789. The zero-order valence-electron chi connectivity index (χ0n) is 13.9. The maximum absolute atomic E-state index is 13.8. The molecule has 1 saturated carbocycles. The molecule has 1 nitrogen and oxygen atoms in total. The maximum atomic E-state index is 13.8. The molecule has 3 rings (SSSR count). The fourth-order valence-electron chi connectivity index (χ4n) is 4.09. The lowest BCUT2D eigenvalue weighted by atomic mass is 9.70. The van der Waals surface area contributed by atoms with Crippen LogP contribution in [0, 0.1) is 17.8 Å². The van der Waals surface area contributed by atoms with Gasteiger partial charge in [0, 0.05) is 6.42 Å². The van der Waals surface area contributed by atoms with E-state index >= 15 is 0 Å². The molecule has 0 aromatic carbocycles. The highest BCUT2D eigenvalue weighted by atomic mass is 19.2. The van der Waals surface area contributed by atoms with Crippen molar-refractivity contribution in [1.29, 1.82) is 0 Å². The molecule has 0 heterocycles. The van der Waals surface area contributed by atoms with E-state index in [-0.39, 0.29) is 25.0 Å². The lowest BCUT2D eigenvalue weighted by Crippen LogP contribution is -2.34. The molecule has 3 aliphatic carbocycles. The normalized spacial score (nSPS) is 39.6. The third kappa shape index (κ3) is 3.45. The van der Waals surface area contributed by atoms with E-state index in [0.717, 1.165) is 17.9 Å². The van der Waals surface area contributed by atoms with Gasteiger partial charge in [0.15, 0.2) is 0 Å². The zero-order chi connectivity index (χ0) is 15.9. The van der Waals surface area contributed by atoms with Crippen molar-refractivity contribution in [1.82, 2.24) is 0 Å². The number of alkyl halides is 2. The Bertz CT molecular complexity index is 464. The molecule has 0 spiro atoms. The molecule has 0 aromatic heterocycles. The van der Waals surface area contributed by atoms with Gasteiger partial charge in [0.1, 0.15) is 12.3 Å². The summed E-state index contributed by atoms with van der Waals surface area (Å²) in [5.74, 6) is 1.58. The molecule has 0 radical (unpaired) electrons. The third-order valence-electron chi connectivity index (χ3n) is 5.40. The van der Waals surface area contributed by atoms with E-state index in [1.807, 2.05) is 6.08 Å². The van der Waals surface area contributed by atoms with Crippen molar-refractivity contribution in [2.75, 3.05) is 0 Å². The molecular weight excluding hydrogens is 282 g/mol. The molecule has 124 valence electrons. The van der Waals surface area contributed by atoms with E-state index < -0.39 is 12.3 Å². The van der Waals surface area contributed by atoms with Gasteiger partial charge < -0.3 is 4.74 Å². The molecule has 0 amide bonds. The van der Waals surface area contributed by atoms with Gasteiger partial charge >= 0.3 is 0 Å². The lowest BCUT2D eigenvalue weighted by Gasteiger charge is -2.38. The summed E-state index contributed by atoms with van der Waals surface area (Å²) in [6.07, 6.45) is 6.02. The van der Waals surface area contributed by atoms with Crippen LogP contribution in [0.15, 0.2) is 23.3 Å². The fourth-order valence-corrected chi connectivity index (χ4v) is 4.09. The minimum absolute atomic E-state index is 0.127. The van der Waals surface area contributed by atoms with Crippen LogP contribution in [0.1, 0.15) is 52.9 Å². The first-order chi connectivity index (χ1) is 10.5. The monoisotopic (exact) mass is 310 g/mol. The molecule has 22 heavy (non-hydrogen) atoms. The molecule has 5 atom stereocenters. The predicted molar refractivity (Wildman–Crippen MR) is 85.2 cm³/mol. The van der Waals surface area contributed by atoms with Crippen LogP contribution in [0.2, 0.25) is 0 Å². The van der Waals surface area contributed by atoms with Gasteiger partial charge in [-0.1, -0.05) is 17.7 Å². The number of ether oxygens (including phenoxy) is 1. The van der Waals surface area contributed by atoms with Crippen LogP contribution < -0.4 is 0 Å². The van der Waals surface area contributed by atoms with E-state index in [2.05, 4.69) is 26.8 Å². The number of hydrogen-bond acceptors (Lipinski definition) is 1. The maximum Gasteiger partial charge on any atom is 0.135 e. The Labute approximate surface area is 132 Å². The van der Waals surface area contributed by atoms with Crippen molar-refractivity contribution in [2.24, 2.45) is 17.8 Å². The summed E-state index contributed by atoms with van der Waals surface area (Å²) < 4.78 is 33.3. The second-order valence-corrected chi connectivity index (χ2v) is 7.59. The zero-order valence-corrected chi connectivity index (χ0v) is 13.9. The summed E-state index contributed by atoms with van der Waals surface area (Å²) >= 11 is 0. The van der Waals surface area contributed by atoms with Crippen LogP contribution in [-0.2, 0) is 4.74 Å². The molecule has 3 heteroatoms. The Kier molecular flexibility index (Phi) is 4.72. The number of hydrogen-bond donors (Lipinski definition) is 0. The Morgan fingerprint density at radius 2 is 1.91 bits per heavy atom. The van der Waals surface area contributed by atoms with Gasteiger partial charge in [0.2, 0.25) is 0 Å². The Morgan fingerprint density at radius 1 is 1.18 bits per heavy atom. The van der Waals surface area contributed by atoms with E-state index in [1.54, 1.807) is 0 Å². The largest absolute Gasteiger partial charge is 0.371 e. The smallest absolute Gasteiger partial charge is 0.135 e. The highest BCUT2D eigenvalue weighted by molar-refractivity contribution is 5.25. The summed E-state index contributed by atoms with van der Waals surface area (Å²) in [7, 11) is 0. The Hall–Kier alpha value is -0.700. The van der Waals surface area contributed by atoms with Crippen LogP contribution in [0.4, 0.5) is 8.78 Å². The van der Waals surface area contributed by atoms with E-state index in [4.69, 9.17) is 4.74 Å². The van der Waals surface area contributed by atoms with Gasteiger partial charge in [-0.25, -0.2) is 8.78 Å². The van der Waals surface area contributed by atoms with Crippen LogP contribution in [-0.4, -0.2) is 24.6 Å². The summed E-state index contributed by atoms with van der Waals surface area (Å²) in [6, 6.07) is 0. The Balaban J connectivity index is 1.81. The topological polar surface area (TPSA) is 9.23 Å². The van der Waals surface area contributed by atoms with E-state index in [9.17, 15) is 8.78 Å². The summed E-state index contributed by atoms with van der Waals surface area (Å²) in [4.78, 5) is 0. The molecule has 0 saturated heterocycles. The van der Waals surface area contributed by atoms with E-state index in [1.165, 1.54) is 18.4 Å². The molecule has 1 fully saturated rings. The molecular formula is C19H28F2O. The van der Waals surface area contributed by atoms with E-state index in [0.29, 0.717) is 11.8 Å². The van der Waals surface area contributed by atoms with Gasteiger partial charge in [0.25, 0.3) is 0 Å². The number of halogens is 2. The molecule has 0 aliphatic heterocycles. The summed E-state index contributed by atoms with van der Waals surface area (Å²) in [5.41, 5.74) is 2.46. The Morgan fingerprint density at radius 3 is 2.50 bits per heavy atom. The summed E-state index contributed by atoms with van der Waals surface area (Å²) in [6.45, 7) is 6.27. The van der Waals surface area contributed by atoms with Gasteiger partial charge in [0.05, 0.1) is 12.2 Å². The number of allylic oxidation sites excluding steroid dienone is 3. The second-order valence-electron chi connectivity index (χ2n) is 7.59. The van der Waals surface area contributed by atoms with Crippen molar-refractivity contribution in [2.45, 2.75) is 77.4 Å². The van der Waals surface area contributed by atoms with Gasteiger partial charge in [-0.05, 0) is 69.8 Å². The first-order valence-electron chi connectivity index (χ1n) is 8.76. The van der Waals surface area contributed by atoms with Crippen LogP contribution in [0.3, 0.4) is 0 Å². The quantitative estimate of drug-likeness (QED) is 0.651. The summed E-state index contributed by atoms with van der Waals surface area (Å²) in [5, 5.41) is 0. The highest BCUT2D eigenvalue weighted by Gasteiger charge is 2.42. The predicted octanol–water partition coefficient (Wildman–Crippen LogP) is 5.17. The minimum Gasteiger partial charge on any atom is -0.371 e. The van der Waals surface area contributed by atoms with Crippen molar-refractivity contribution in [3.05, 3.63) is 23.3 Å². The van der Waals surface area contributed by atoms with Crippen molar-refractivity contribution < 1.29 is 13.5 Å². The average molecular weight is 310 g/mol.